The molecule has 1 rings (SSSR count). The molecule has 0 bridgehead atoms. The van der Waals surface area contributed by atoms with Crippen LogP contribution in [0.4, 0.5) is 0 Å². The van der Waals surface area contributed by atoms with E-state index in [-0.39, 0.29) is 0 Å². The van der Waals surface area contributed by atoms with Crippen molar-refractivity contribution in [2.75, 3.05) is 24.6 Å². The van der Waals surface area contributed by atoms with E-state index >= 15 is 0 Å². The molecular formula is C14H29N3S. The van der Waals surface area contributed by atoms with Gasteiger partial charge in [-0.05, 0) is 50.0 Å². The van der Waals surface area contributed by atoms with Gasteiger partial charge in [-0.15, -0.1) is 0 Å². The summed E-state index contributed by atoms with van der Waals surface area (Å²) < 4.78 is 0. The molecule has 0 radical (unpaired) electrons. The summed E-state index contributed by atoms with van der Waals surface area (Å²) in [7, 11) is 0. The minimum atomic E-state index is 0.463. The van der Waals surface area contributed by atoms with Gasteiger partial charge in [0.1, 0.15) is 0 Å². The van der Waals surface area contributed by atoms with Crippen molar-refractivity contribution in [3.8, 4) is 0 Å². The summed E-state index contributed by atoms with van der Waals surface area (Å²) in [5.41, 5.74) is 0. The van der Waals surface area contributed by atoms with Gasteiger partial charge >= 0.3 is 0 Å². The predicted octanol–water partition coefficient (Wildman–Crippen LogP) is 2.73. The van der Waals surface area contributed by atoms with Crippen molar-refractivity contribution < 1.29 is 0 Å². The number of nitrogens with one attached hydrogen (secondary N) is 2. The standard InChI is InChI=1S/C14H29N3S/c1-5-15-14(17-12(4)11(2)3)16-10-13-6-8-18-9-7-13/h11-13H,5-10H2,1-4H3,(H2,15,16,17). The van der Waals surface area contributed by atoms with Gasteiger partial charge in [0.2, 0.25) is 0 Å². The lowest BCUT2D eigenvalue weighted by atomic mass is 10.0. The van der Waals surface area contributed by atoms with Gasteiger partial charge < -0.3 is 10.6 Å². The lowest BCUT2D eigenvalue weighted by Crippen LogP contribution is -2.44. The average molecular weight is 271 g/mol. The molecule has 4 heteroatoms. The first-order valence-electron chi connectivity index (χ1n) is 7.26. The second-order valence-electron chi connectivity index (χ2n) is 5.45. The molecule has 0 amide bonds. The predicted molar refractivity (Wildman–Crippen MR) is 83.5 cm³/mol. The number of hydrogen-bond donors (Lipinski definition) is 2. The van der Waals surface area contributed by atoms with Crippen molar-refractivity contribution in [3.05, 3.63) is 0 Å². The maximum absolute atomic E-state index is 4.74. The minimum Gasteiger partial charge on any atom is -0.357 e. The molecule has 2 N–H and O–H groups in total. The Morgan fingerprint density at radius 1 is 1.28 bits per heavy atom. The van der Waals surface area contributed by atoms with Crippen LogP contribution < -0.4 is 10.6 Å². The zero-order chi connectivity index (χ0) is 13.4. The van der Waals surface area contributed by atoms with E-state index < -0.39 is 0 Å². The van der Waals surface area contributed by atoms with Gasteiger partial charge in [-0.2, -0.15) is 11.8 Å². The molecule has 1 unspecified atom stereocenters. The highest BCUT2D eigenvalue weighted by Gasteiger charge is 2.14. The summed E-state index contributed by atoms with van der Waals surface area (Å²) in [6.07, 6.45) is 2.65. The van der Waals surface area contributed by atoms with Gasteiger partial charge in [0.25, 0.3) is 0 Å². The first kappa shape index (κ1) is 15.7. The van der Waals surface area contributed by atoms with E-state index in [4.69, 9.17) is 4.99 Å². The summed E-state index contributed by atoms with van der Waals surface area (Å²) in [4.78, 5) is 4.74. The highest BCUT2D eigenvalue weighted by molar-refractivity contribution is 7.99. The van der Waals surface area contributed by atoms with Crippen molar-refractivity contribution in [2.45, 2.75) is 46.6 Å². The van der Waals surface area contributed by atoms with Crippen LogP contribution in [0, 0.1) is 11.8 Å². The van der Waals surface area contributed by atoms with E-state index in [2.05, 4.69) is 50.1 Å². The third-order valence-corrected chi connectivity index (χ3v) is 4.61. The summed E-state index contributed by atoms with van der Waals surface area (Å²) >= 11 is 2.08. The first-order valence-corrected chi connectivity index (χ1v) is 8.41. The van der Waals surface area contributed by atoms with Gasteiger partial charge in [-0.1, -0.05) is 13.8 Å². The van der Waals surface area contributed by atoms with Crippen LogP contribution in [0.2, 0.25) is 0 Å². The van der Waals surface area contributed by atoms with Gasteiger partial charge in [0, 0.05) is 19.1 Å². The Labute approximate surface area is 117 Å². The van der Waals surface area contributed by atoms with Gasteiger partial charge in [-0.25, -0.2) is 0 Å². The number of thioether (sulfide) groups is 1. The van der Waals surface area contributed by atoms with Crippen molar-refractivity contribution in [1.29, 1.82) is 0 Å². The topological polar surface area (TPSA) is 36.4 Å². The zero-order valence-corrected chi connectivity index (χ0v) is 13.1. The highest BCUT2D eigenvalue weighted by atomic mass is 32.2. The van der Waals surface area contributed by atoms with Crippen molar-refractivity contribution in [3.63, 3.8) is 0 Å². The molecule has 1 atom stereocenters. The Balaban J connectivity index is 2.43. The Morgan fingerprint density at radius 2 is 1.94 bits per heavy atom. The van der Waals surface area contributed by atoms with Gasteiger partial charge in [0.15, 0.2) is 5.96 Å². The third kappa shape index (κ3) is 5.98. The normalized spacial score (nSPS) is 19.9. The molecule has 0 saturated carbocycles. The summed E-state index contributed by atoms with van der Waals surface area (Å²) in [5.74, 6) is 5.02. The lowest BCUT2D eigenvalue weighted by Gasteiger charge is -2.23. The molecule has 1 aliphatic heterocycles. The fourth-order valence-electron chi connectivity index (χ4n) is 1.85. The monoisotopic (exact) mass is 271 g/mol. The van der Waals surface area contributed by atoms with Crippen molar-refractivity contribution in [2.24, 2.45) is 16.8 Å². The van der Waals surface area contributed by atoms with E-state index in [0.29, 0.717) is 12.0 Å². The molecule has 0 aromatic carbocycles. The number of guanidine groups is 1. The fourth-order valence-corrected chi connectivity index (χ4v) is 3.06. The van der Waals surface area contributed by atoms with E-state index in [0.717, 1.165) is 25.0 Å². The molecule has 3 nitrogen and oxygen atoms in total. The quantitative estimate of drug-likeness (QED) is 0.596. The van der Waals surface area contributed by atoms with Gasteiger partial charge in [-0.3, -0.25) is 4.99 Å². The van der Waals surface area contributed by atoms with E-state index in [9.17, 15) is 0 Å². The van der Waals surface area contributed by atoms with Crippen LogP contribution in [0.3, 0.4) is 0 Å². The van der Waals surface area contributed by atoms with Crippen molar-refractivity contribution in [1.82, 2.24) is 10.6 Å². The maximum Gasteiger partial charge on any atom is 0.191 e. The maximum atomic E-state index is 4.74. The first-order chi connectivity index (χ1) is 8.63. The summed E-state index contributed by atoms with van der Waals surface area (Å²) in [6.45, 7) is 10.7. The average Bonchev–Trinajstić information content (AvgIpc) is 2.37. The Kier molecular flexibility index (Phi) is 7.56. The van der Waals surface area contributed by atoms with Crippen molar-refractivity contribution >= 4 is 17.7 Å². The van der Waals surface area contributed by atoms with E-state index in [1.165, 1.54) is 24.3 Å². The van der Waals surface area contributed by atoms with Crippen LogP contribution in [-0.2, 0) is 0 Å². The molecule has 106 valence electrons. The molecular weight excluding hydrogens is 242 g/mol. The Morgan fingerprint density at radius 3 is 2.50 bits per heavy atom. The highest BCUT2D eigenvalue weighted by Crippen LogP contribution is 2.22. The fraction of sp³-hybridized carbons (Fsp3) is 0.929. The summed E-state index contributed by atoms with van der Waals surface area (Å²) in [5, 5.41) is 6.83. The molecule has 1 aliphatic rings. The number of rotatable bonds is 5. The molecule has 1 saturated heterocycles. The summed E-state index contributed by atoms with van der Waals surface area (Å²) in [6, 6.07) is 0.463. The van der Waals surface area contributed by atoms with Crippen LogP contribution in [0.5, 0.6) is 0 Å². The molecule has 1 heterocycles. The Hall–Kier alpha value is -0.380. The Bertz CT molecular complexity index is 247. The molecule has 0 aliphatic carbocycles. The van der Waals surface area contributed by atoms with Crippen LogP contribution in [0.15, 0.2) is 4.99 Å². The molecule has 0 spiro atoms. The largest absolute Gasteiger partial charge is 0.357 e. The molecule has 0 aromatic rings. The van der Waals surface area contributed by atoms with E-state index in [1.807, 2.05) is 0 Å². The van der Waals surface area contributed by atoms with Crippen LogP contribution >= 0.6 is 11.8 Å². The SMILES string of the molecule is CCNC(=NCC1CCSCC1)NC(C)C(C)C. The lowest BCUT2D eigenvalue weighted by molar-refractivity contribution is 0.474. The zero-order valence-electron chi connectivity index (χ0n) is 12.3. The second kappa shape index (κ2) is 8.68. The van der Waals surface area contributed by atoms with Crippen LogP contribution in [0.1, 0.15) is 40.5 Å². The van der Waals surface area contributed by atoms with Crippen LogP contribution in [-0.4, -0.2) is 36.6 Å². The molecule has 1 fully saturated rings. The minimum absolute atomic E-state index is 0.463. The smallest absolute Gasteiger partial charge is 0.191 e. The number of aliphatic imine (C=N–C) groups is 1. The van der Waals surface area contributed by atoms with Crippen LogP contribution in [0.25, 0.3) is 0 Å². The van der Waals surface area contributed by atoms with E-state index in [1.54, 1.807) is 0 Å². The molecule has 0 aromatic heterocycles. The second-order valence-corrected chi connectivity index (χ2v) is 6.68. The van der Waals surface area contributed by atoms with Gasteiger partial charge in [0.05, 0.1) is 0 Å². The number of hydrogen-bond acceptors (Lipinski definition) is 2. The third-order valence-electron chi connectivity index (χ3n) is 3.56. The molecule has 18 heavy (non-hydrogen) atoms. The number of nitrogens with zero attached hydrogens (tertiary/aromatic N) is 1.